The Balaban J connectivity index is 2.44. The van der Waals surface area contributed by atoms with Crippen LogP contribution in [-0.2, 0) is 5.75 Å². The minimum Gasteiger partial charge on any atom is -0.330 e. The zero-order valence-corrected chi connectivity index (χ0v) is 10.9. The second kappa shape index (κ2) is 6.59. The quantitative estimate of drug-likeness (QED) is 0.831. The number of hydrogen-bond acceptors (Lipinski definition) is 3. The van der Waals surface area contributed by atoms with Crippen molar-refractivity contribution in [2.24, 2.45) is 11.7 Å². The van der Waals surface area contributed by atoms with E-state index in [1.807, 2.05) is 17.8 Å². The van der Waals surface area contributed by atoms with Crippen molar-refractivity contribution in [2.75, 3.05) is 12.3 Å². The fourth-order valence-electron chi connectivity index (χ4n) is 0.987. The SMILES string of the molecule is CC(CN)CSCc1ccc(Cl)nc1Cl. The zero-order valence-electron chi connectivity index (χ0n) is 8.54. The number of nitrogens with two attached hydrogens (primary N) is 1. The van der Waals surface area contributed by atoms with Gasteiger partial charge in [-0.2, -0.15) is 11.8 Å². The lowest BCUT2D eigenvalue weighted by Gasteiger charge is -2.08. The van der Waals surface area contributed by atoms with Crippen LogP contribution in [0.3, 0.4) is 0 Å². The van der Waals surface area contributed by atoms with Crippen molar-refractivity contribution in [1.82, 2.24) is 4.98 Å². The van der Waals surface area contributed by atoms with Gasteiger partial charge >= 0.3 is 0 Å². The van der Waals surface area contributed by atoms with Crippen LogP contribution in [0.2, 0.25) is 10.3 Å². The van der Waals surface area contributed by atoms with Crippen molar-refractivity contribution in [2.45, 2.75) is 12.7 Å². The lowest BCUT2D eigenvalue weighted by Crippen LogP contribution is -2.12. The first-order chi connectivity index (χ1) is 7.13. The van der Waals surface area contributed by atoms with Crippen molar-refractivity contribution < 1.29 is 0 Å². The number of nitrogens with zero attached hydrogens (tertiary/aromatic N) is 1. The molecule has 0 saturated heterocycles. The third-order valence-corrected chi connectivity index (χ3v) is 3.81. The molecule has 2 nitrogen and oxygen atoms in total. The molecule has 0 fully saturated rings. The highest BCUT2D eigenvalue weighted by Gasteiger charge is 2.04. The number of halogens is 2. The van der Waals surface area contributed by atoms with Crippen molar-refractivity contribution in [3.05, 3.63) is 28.0 Å². The Kier molecular flexibility index (Phi) is 5.75. The summed E-state index contributed by atoms with van der Waals surface area (Å²) in [6.45, 7) is 2.86. The second-order valence-electron chi connectivity index (χ2n) is 3.44. The third kappa shape index (κ3) is 4.60. The Hall–Kier alpha value is 0.0400. The monoisotopic (exact) mass is 264 g/mol. The first-order valence-electron chi connectivity index (χ1n) is 4.72. The smallest absolute Gasteiger partial charge is 0.134 e. The molecule has 0 aliphatic heterocycles. The topological polar surface area (TPSA) is 38.9 Å². The molecule has 0 aliphatic carbocycles. The van der Waals surface area contributed by atoms with E-state index in [0.29, 0.717) is 16.2 Å². The number of thioether (sulfide) groups is 1. The van der Waals surface area contributed by atoms with E-state index in [2.05, 4.69) is 11.9 Å². The van der Waals surface area contributed by atoms with Crippen LogP contribution in [-0.4, -0.2) is 17.3 Å². The third-order valence-electron chi connectivity index (χ3n) is 1.95. The summed E-state index contributed by atoms with van der Waals surface area (Å²) in [7, 11) is 0. The predicted octanol–water partition coefficient (Wildman–Crippen LogP) is 3.22. The van der Waals surface area contributed by atoms with Gasteiger partial charge in [0.25, 0.3) is 0 Å². The average molecular weight is 265 g/mol. The summed E-state index contributed by atoms with van der Waals surface area (Å²) < 4.78 is 0. The molecule has 0 spiro atoms. The van der Waals surface area contributed by atoms with E-state index in [1.54, 1.807) is 6.07 Å². The molecule has 84 valence electrons. The molecule has 1 aromatic heterocycles. The predicted molar refractivity (Wildman–Crippen MR) is 68.6 cm³/mol. The van der Waals surface area contributed by atoms with Crippen molar-refractivity contribution >= 4 is 35.0 Å². The normalized spacial score (nSPS) is 12.8. The molecule has 1 aromatic rings. The van der Waals surface area contributed by atoms with E-state index in [-0.39, 0.29) is 0 Å². The molecular weight excluding hydrogens is 251 g/mol. The van der Waals surface area contributed by atoms with Crippen LogP contribution in [0, 0.1) is 5.92 Å². The van der Waals surface area contributed by atoms with E-state index < -0.39 is 0 Å². The summed E-state index contributed by atoms with van der Waals surface area (Å²) >= 11 is 13.5. The second-order valence-corrected chi connectivity index (χ2v) is 5.22. The van der Waals surface area contributed by atoms with Crippen LogP contribution in [0.5, 0.6) is 0 Å². The first kappa shape index (κ1) is 13.1. The Morgan fingerprint density at radius 1 is 1.47 bits per heavy atom. The maximum absolute atomic E-state index is 5.95. The average Bonchev–Trinajstić information content (AvgIpc) is 2.21. The number of hydrogen-bond donors (Lipinski definition) is 1. The molecule has 0 aromatic carbocycles. The first-order valence-corrected chi connectivity index (χ1v) is 6.63. The highest BCUT2D eigenvalue weighted by molar-refractivity contribution is 7.98. The van der Waals surface area contributed by atoms with Gasteiger partial charge in [0, 0.05) is 5.75 Å². The molecule has 2 N–H and O–H groups in total. The van der Waals surface area contributed by atoms with Crippen LogP contribution < -0.4 is 5.73 Å². The fraction of sp³-hybridized carbons (Fsp3) is 0.500. The minimum atomic E-state index is 0.434. The highest BCUT2D eigenvalue weighted by atomic mass is 35.5. The van der Waals surface area contributed by atoms with Gasteiger partial charge in [-0.1, -0.05) is 36.2 Å². The molecule has 0 aliphatic rings. The van der Waals surface area contributed by atoms with E-state index in [9.17, 15) is 0 Å². The summed E-state index contributed by atoms with van der Waals surface area (Å²) in [5.41, 5.74) is 6.56. The Labute approximate surface area is 105 Å². The molecule has 0 saturated carbocycles. The summed E-state index contributed by atoms with van der Waals surface area (Å²) in [5.74, 6) is 2.43. The molecule has 1 heterocycles. The molecule has 1 unspecified atom stereocenters. The van der Waals surface area contributed by atoms with Gasteiger partial charge in [-0.3, -0.25) is 0 Å². The van der Waals surface area contributed by atoms with Gasteiger partial charge in [0.05, 0.1) is 0 Å². The van der Waals surface area contributed by atoms with Crippen LogP contribution in [0.15, 0.2) is 12.1 Å². The Bertz CT molecular complexity index is 320. The van der Waals surface area contributed by atoms with Gasteiger partial charge in [-0.05, 0) is 29.8 Å². The van der Waals surface area contributed by atoms with Crippen LogP contribution in [0.25, 0.3) is 0 Å². The molecule has 5 heteroatoms. The van der Waals surface area contributed by atoms with Gasteiger partial charge in [-0.25, -0.2) is 4.98 Å². The van der Waals surface area contributed by atoms with Crippen molar-refractivity contribution in [3.8, 4) is 0 Å². The van der Waals surface area contributed by atoms with Gasteiger partial charge in [-0.15, -0.1) is 0 Å². The van der Waals surface area contributed by atoms with Gasteiger partial charge in [0.15, 0.2) is 0 Å². The van der Waals surface area contributed by atoms with Crippen LogP contribution in [0.1, 0.15) is 12.5 Å². The Morgan fingerprint density at radius 2 is 2.20 bits per heavy atom. The summed E-state index contributed by atoms with van der Waals surface area (Å²) in [6, 6.07) is 3.67. The standard InChI is InChI=1S/C10H14Cl2N2S/c1-7(4-13)5-15-6-8-2-3-9(11)14-10(8)12/h2-3,7H,4-6,13H2,1H3. The zero-order chi connectivity index (χ0) is 11.3. The van der Waals surface area contributed by atoms with E-state index >= 15 is 0 Å². The molecule has 1 rings (SSSR count). The number of rotatable bonds is 5. The highest BCUT2D eigenvalue weighted by Crippen LogP contribution is 2.22. The molecule has 0 bridgehead atoms. The minimum absolute atomic E-state index is 0.434. The van der Waals surface area contributed by atoms with Crippen molar-refractivity contribution in [3.63, 3.8) is 0 Å². The Morgan fingerprint density at radius 3 is 2.80 bits per heavy atom. The van der Waals surface area contributed by atoms with E-state index in [4.69, 9.17) is 28.9 Å². The van der Waals surface area contributed by atoms with Crippen LogP contribution in [0.4, 0.5) is 0 Å². The molecular formula is C10H14Cl2N2S. The molecule has 1 atom stereocenters. The van der Waals surface area contributed by atoms with E-state index in [1.165, 1.54) is 0 Å². The van der Waals surface area contributed by atoms with Gasteiger partial charge in [0.1, 0.15) is 10.3 Å². The van der Waals surface area contributed by atoms with E-state index in [0.717, 1.165) is 23.6 Å². The molecule has 0 radical (unpaired) electrons. The van der Waals surface area contributed by atoms with Crippen LogP contribution >= 0.6 is 35.0 Å². The fourth-order valence-corrected chi connectivity index (χ4v) is 2.59. The summed E-state index contributed by atoms with van der Waals surface area (Å²) in [4.78, 5) is 3.98. The van der Waals surface area contributed by atoms with Gasteiger partial charge in [0.2, 0.25) is 0 Å². The number of pyridine rings is 1. The maximum atomic E-state index is 5.95. The summed E-state index contributed by atoms with van der Waals surface area (Å²) in [5, 5.41) is 0.930. The lowest BCUT2D eigenvalue weighted by atomic mass is 10.2. The summed E-state index contributed by atoms with van der Waals surface area (Å²) in [6.07, 6.45) is 0. The number of aromatic nitrogens is 1. The van der Waals surface area contributed by atoms with Crippen molar-refractivity contribution in [1.29, 1.82) is 0 Å². The largest absolute Gasteiger partial charge is 0.330 e. The maximum Gasteiger partial charge on any atom is 0.134 e. The lowest BCUT2D eigenvalue weighted by molar-refractivity contribution is 0.675. The molecule has 15 heavy (non-hydrogen) atoms. The molecule has 0 amide bonds. The van der Waals surface area contributed by atoms with Gasteiger partial charge < -0.3 is 5.73 Å².